The van der Waals surface area contributed by atoms with Crippen LogP contribution in [0.4, 0.5) is 0 Å². The average Bonchev–Trinajstić information content (AvgIpc) is 3.35. The Morgan fingerprint density at radius 3 is 2.88 bits per heavy atom. The molecule has 0 spiro atoms. The third-order valence-corrected chi connectivity index (χ3v) is 6.37. The van der Waals surface area contributed by atoms with Crippen LogP contribution >= 0.6 is 34.5 Å². The van der Waals surface area contributed by atoms with Crippen molar-refractivity contribution in [2.24, 2.45) is 27.8 Å². The van der Waals surface area contributed by atoms with Crippen molar-refractivity contribution in [1.82, 2.24) is 4.68 Å². The Bertz CT molecular complexity index is 954. The number of fused-ring (bicyclic) bond motifs is 2. The van der Waals surface area contributed by atoms with Crippen molar-refractivity contribution >= 4 is 40.8 Å². The minimum atomic E-state index is 0.493. The zero-order chi connectivity index (χ0) is 18.1. The molecule has 0 N–H and O–H groups in total. The number of rotatable bonds is 5. The first-order chi connectivity index (χ1) is 12.7. The highest BCUT2D eigenvalue weighted by molar-refractivity contribution is 7.07. The van der Waals surface area contributed by atoms with Crippen molar-refractivity contribution in [2.45, 2.75) is 12.8 Å². The Morgan fingerprint density at radius 2 is 2.15 bits per heavy atom. The van der Waals surface area contributed by atoms with Gasteiger partial charge in [-0.1, -0.05) is 41.4 Å². The normalized spacial score (nSPS) is 24.8. The number of hydrogen-bond donors (Lipinski definition) is 0. The van der Waals surface area contributed by atoms with Crippen LogP contribution in [0, 0.1) is 17.8 Å². The maximum atomic E-state index is 6.42. The number of allylic oxidation sites excluding steroid dienone is 2. The first-order valence-corrected chi connectivity index (χ1v) is 10.3. The SMILES string of the molecule is C=CCN=c1scc(-c2cc(Cl)ccc2Cl)n1N=CC1CC2C=CC1C2. The van der Waals surface area contributed by atoms with Gasteiger partial charge in [0.25, 0.3) is 0 Å². The van der Waals surface area contributed by atoms with Gasteiger partial charge >= 0.3 is 0 Å². The highest BCUT2D eigenvalue weighted by Crippen LogP contribution is 2.42. The molecule has 2 aromatic rings. The van der Waals surface area contributed by atoms with E-state index < -0.39 is 0 Å². The molecule has 1 fully saturated rings. The van der Waals surface area contributed by atoms with Crippen molar-refractivity contribution < 1.29 is 0 Å². The second-order valence-electron chi connectivity index (χ2n) is 6.68. The molecule has 1 saturated carbocycles. The van der Waals surface area contributed by atoms with E-state index in [1.807, 2.05) is 22.2 Å². The van der Waals surface area contributed by atoms with Crippen LogP contribution < -0.4 is 4.80 Å². The molecule has 1 aromatic carbocycles. The molecule has 2 bridgehead atoms. The van der Waals surface area contributed by atoms with Gasteiger partial charge in [-0.2, -0.15) is 5.10 Å². The van der Waals surface area contributed by atoms with Crippen LogP contribution in [0.5, 0.6) is 0 Å². The molecule has 3 unspecified atom stereocenters. The van der Waals surface area contributed by atoms with Crippen LogP contribution in [0.25, 0.3) is 11.3 Å². The van der Waals surface area contributed by atoms with Crippen molar-refractivity contribution in [2.75, 3.05) is 6.54 Å². The molecule has 0 aliphatic heterocycles. The molecule has 3 nitrogen and oxygen atoms in total. The van der Waals surface area contributed by atoms with Gasteiger partial charge in [-0.3, -0.25) is 4.99 Å². The van der Waals surface area contributed by atoms with Gasteiger partial charge in [0.15, 0.2) is 0 Å². The van der Waals surface area contributed by atoms with Gasteiger partial charge < -0.3 is 0 Å². The third kappa shape index (κ3) is 3.46. The predicted molar refractivity (Wildman–Crippen MR) is 111 cm³/mol. The Balaban J connectivity index is 1.75. The topological polar surface area (TPSA) is 29.6 Å². The highest BCUT2D eigenvalue weighted by Gasteiger charge is 2.34. The highest BCUT2D eigenvalue weighted by atomic mass is 35.5. The summed E-state index contributed by atoms with van der Waals surface area (Å²) in [6, 6.07) is 5.47. The summed E-state index contributed by atoms with van der Waals surface area (Å²) in [4.78, 5) is 5.40. The molecule has 3 atom stereocenters. The lowest BCUT2D eigenvalue weighted by Gasteiger charge is -2.13. The Morgan fingerprint density at radius 1 is 1.27 bits per heavy atom. The van der Waals surface area contributed by atoms with Crippen molar-refractivity contribution in [3.8, 4) is 11.3 Å². The second-order valence-corrected chi connectivity index (χ2v) is 8.36. The summed E-state index contributed by atoms with van der Waals surface area (Å²) in [7, 11) is 0. The number of benzene rings is 1. The molecule has 0 saturated heterocycles. The fraction of sp³-hybridized carbons (Fsp3) is 0.300. The van der Waals surface area contributed by atoms with Crippen LogP contribution in [-0.4, -0.2) is 17.4 Å². The lowest BCUT2D eigenvalue weighted by atomic mass is 9.95. The molecule has 0 amide bonds. The monoisotopic (exact) mass is 403 g/mol. The lowest BCUT2D eigenvalue weighted by molar-refractivity contribution is 0.590. The fourth-order valence-electron chi connectivity index (χ4n) is 3.69. The fourth-order valence-corrected chi connectivity index (χ4v) is 4.91. The van der Waals surface area contributed by atoms with E-state index in [0.717, 1.165) is 22.0 Å². The molecule has 2 aliphatic rings. The summed E-state index contributed by atoms with van der Waals surface area (Å²) in [5, 5.41) is 8.13. The summed E-state index contributed by atoms with van der Waals surface area (Å²) in [5.74, 6) is 1.83. The minimum absolute atomic E-state index is 0.493. The Labute approximate surface area is 167 Å². The second kappa shape index (κ2) is 7.55. The van der Waals surface area contributed by atoms with Crippen molar-refractivity contribution in [3.63, 3.8) is 0 Å². The van der Waals surface area contributed by atoms with Crippen LogP contribution in [0.1, 0.15) is 12.8 Å². The molecular weight excluding hydrogens is 385 g/mol. The largest absolute Gasteiger partial charge is 0.253 e. The number of halogens is 2. The van der Waals surface area contributed by atoms with Gasteiger partial charge in [-0.25, -0.2) is 4.68 Å². The molecule has 26 heavy (non-hydrogen) atoms. The lowest BCUT2D eigenvalue weighted by Crippen LogP contribution is -2.15. The van der Waals surface area contributed by atoms with Crippen LogP contribution in [0.2, 0.25) is 10.0 Å². The van der Waals surface area contributed by atoms with Crippen LogP contribution in [0.15, 0.2) is 58.5 Å². The molecular formula is C20H19Cl2N3S. The zero-order valence-electron chi connectivity index (χ0n) is 14.2. The summed E-state index contributed by atoms with van der Waals surface area (Å²) >= 11 is 14.1. The van der Waals surface area contributed by atoms with Gasteiger partial charge in [0.05, 0.1) is 17.3 Å². The summed E-state index contributed by atoms with van der Waals surface area (Å²) < 4.78 is 1.88. The number of nitrogens with zero attached hydrogens (tertiary/aromatic N) is 3. The quantitative estimate of drug-likeness (QED) is 0.455. The van der Waals surface area contributed by atoms with Gasteiger partial charge in [0.1, 0.15) is 0 Å². The van der Waals surface area contributed by atoms with Gasteiger partial charge in [0, 0.05) is 28.1 Å². The van der Waals surface area contributed by atoms with Gasteiger partial charge in [-0.15, -0.1) is 17.9 Å². The minimum Gasteiger partial charge on any atom is -0.253 e. The zero-order valence-corrected chi connectivity index (χ0v) is 16.5. The van der Waals surface area contributed by atoms with E-state index in [4.69, 9.17) is 28.3 Å². The predicted octanol–water partition coefficient (Wildman–Crippen LogP) is 5.66. The molecule has 0 radical (unpaired) electrons. The van der Waals surface area contributed by atoms with E-state index in [-0.39, 0.29) is 0 Å². The van der Waals surface area contributed by atoms with Crippen LogP contribution in [0.3, 0.4) is 0 Å². The maximum Gasteiger partial charge on any atom is 0.206 e. The summed E-state index contributed by atoms with van der Waals surface area (Å²) in [6.45, 7) is 4.30. The summed E-state index contributed by atoms with van der Waals surface area (Å²) in [6.07, 6.45) is 11.0. The number of hydrogen-bond acceptors (Lipinski definition) is 3. The van der Waals surface area contributed by atoms with E-state index in [1.165, 1.54) is 12.8 Å². The third-order valence-electron chi connectivity index (χ3n) is 4.95. The Hall–Kier alpha value is -1.62. The average molecular weight is 404 g/mol. The number of thiazole rings is 1. The van der Waals surface area contributed by atoms with E-state index in [9.17, 15) is 0 Å². The van der Waals surface area contributed by atoms with Crippen molar-refractivity contribution in [3.05, 3.63) is 63.2 Å². The molecule has 2 aliphatic carbocycles. The molecule has 1 heterocycles. The summed E-state index contributed by atoms with van der Waals surface area (Å²) in [5.41, 5.74) is 1.76. The smallest absolute Gasteiger partial charge is 0.206 e. The standard InChI is InChI=1S/C20H19Cl2N3S/c1-2-7-23-20-25(24-11-15-9-13-3-4-14(15)8-13)19(12-26-20)17-10-16(21)5-6-18(17)22/h2-6,10-15H,1,7-9H2. The Kier molecular flexibility index (Phi) is 5.16. The van der Waals surface area contributed by atoms with Crippen LogP contribution in [-0.2, 0) is 0 Å². The van der Waals surface area contributed by atoms with E-state index in [1.54, 1.807) is 23.5 Å². The molecule has 134 valence electrons. The van der Waals surface area contributed by atoms with Gasteiger partial charge in [0.2, 0.25) is 4.80 Å². The van der Waals surface area contributed by atoms with E-state index in [2.05, 4.69) is 29.9 Å². The maximum absolute atomic E-state index is 6.42. The van der Waals surface area contributed by atoms with E-state index in [0.29, 0.717) is 28.4 Å². The van der Waals surface area contributed by atoms with Crippen molar-refractivity contribution in [1.29, 1.82) is 0 Å². The van der Waals surface area contributed by atoms with E-state index >= 15 is 0 Å². The number of aromatic nitrogens is 1. The first kappa shape index (κ1) is 17.8. The molecule has 1 aromatic heterocycles. The van der Waals surface area contributed by atoms with Gasteiger partial charge in [-0.05, 0) is 42.9 Å². The molecule has 4 rings (SSSR count). The molecule has 6 heteroatoms. The first-order valence-electron chi connectivity index (χ1n) is 8.66.